The van der Waals surface area contributed by atoms with Crippen LogP contribution in [-0.4, -0.2) is 19.0 Å². The highest BCUT2D eigenvalue weighted by molar-refractivity contribution is 6.30. The topological polar surface area (TPSA) is 41.1 Å². The van der Waals surface area contributed by atoms with Crippen LogP contribution < -0.4 is 10.6 Å². The van der Waals surface area contributed by atoms with Gasteiger partial charge in [-0.15, -0.1) is 0 Å². The summed E-state index contributed by atoms with van der Waals surface area (Å²) < 4.78 is 0. The van der Waals surface area contributed by atoms with Crippen molar-refractivity contribution in [2.75, 3.05) is 18.4 Å². The Morgan fingerprint density at radius 1 is 1.29 bits per heavy atom. The van der Waals surface area contributed by atoms with E-state index in [2.05, 4.69) is 24.5 Å². The van der Waals surface area contributed by atoms with Crippen LogP contribution in [0.5, 0.6) is 0 Å². The number of rotatable bonds is 6. The molecule has 0 aliphatic rings. The van der Waals surface area contributed by atoms with E-state index in [-0.39, 0.29) is 5.91 Å². The van der Waals surface area contributed by atoms with Crippen LogP contribution in [-0.2, 0) is 4.79 Å². The predicted molar refractivity (Wildman–Crippen MR) is 72.4 cm³/mol. The number of nitrogens with one attached hydrogen (secondary N) is 2. The minimum atomic E-state index is 0.0835. The van der Waals surface area contributed by atoms with Gasteiger partial charge in [-0.25, -0.2) is 0 Å². The summed E-state index contributed by atoms with van der Waals surface area (Å²) in [6, 6.07) is 7.44. The monoisotopic (exact) mass is 254 g/mol. The smallest absolute Gasteiger partial charge is 0.221 e. The van der Waals surface area contributed by atoms with Crippen molar-refractivity contribution < 1.29 is 4.79 Å². The number of carbonyl (C=O) groups excluding carboxylic acids is 1. The van der Waals surface area contributed by atoms with Crippen molar-refractivity contribution in [3.8, 4) is 0 Å². The van der Waals surface area contributed by atoms with Crippen molar-refractivity contribution in [3.63, 3.8) is 0 Å². The van der Waals surface area contributed by atoms with E-state index in [9.17, 15) is 4.79 Å². The molecule has 0 aliphatic carbocycles. The Bertz CT molecular complexity index is 349. The number of benzene rings is 1. The number of halogens is 1. The molecule has 1 amide bonds. The van der Waals surface area contributed by atoms with Crippen LogP contribution in [0.2, 0.25) is 5.02 Å². The minimum absolute atomic E-state index is 0.0835. The zero-order chi connectivity index (χ0) is 12.7. The molecule has 0 atom stereocenters. The normalized spacial score (nSPS) is 10.4. The average Bonchev–Trinajstić information content (AvgIpc) is 2.29. The van der Waals surface area contributed by atoms with Crippen molar-refractivity contribution in [1.82, 2.24) is 5.32 Å². The van der Waals surface area contributed by atoms with E-state index in [0.29, 0.717) is 23.9 Å². The van der Waals surface area contributed by atoms with Gasteiger partial charge in [0.25, 0.3) is 0 Å². The molecule has 0 saturated carbocycles. The number of hydrogen-bond acceptors (Lipinski definition) is 2. The van der Waals surface area contributed by atoms with Crippen LogP contribution in [0.25, 0.3) is 0 Å². The quantitative estimate of drug-likeness (QED) is 0.820. The molecule has 0 saturated heterocycles. The van der Waals surface area contributed by atoms with Gasteiger partial charge in [-0.2, -0.15) is 0 Å². The lowest BCUT2D eigenvalue weighted by atomic mass is 10.2. The summed E-state index contributed by atoms with van der Waals surface area (Å²) in [6.07, 6.45) is 0.481. The Hall–Kier alpha value is -1.22. The molecule has 1 aromatic rings. The molecule has 0 aromatic heterocycles. The van der Waals surface area contributed by atoms with E-state index in [1.807, 2.05) is 24.3 Å². The molecule has 0 heterocycles. The third kappa shape index (κ3) is 6.17. The van der Waals surface area contributed by atoms with Crippen LogP contribution in [0.15, 0.2) is 24.3 Å². The molecule has 1 aromatic carbocycles. The van der Waals surface area contributed by atoms with Crippen LogP contribution in [0, 0.1) is 5.92 Å². The summed E-state index contributed by atoms with van der Waals surface area (Å²) in [5.41, 5.74) is 0.978. The van der Waals surface area contributed by atoms with E-state index in [4.69, 9.17) is 11.6 Å². The standard InChI is InChI=1S/C13H19ClN2O/c1-10(2)9-16-13(17)7-8-15-12-5-3-11(14)4-6-12/h3-6,10,15H,7-9H2,1-2H3,(H,16,17). The largest absolute Gasteiger partial charge is 0.385 e. The van der Waals surface area contributed by atoms with E-state index in [1.54, 1.807) is 0 Å². The molecule has 1 rings (SSSR count). The maximum Gasteiger partial charge on any atom is 0.221 e. The lowest BCUT2D eigenvalue weighted by Gasteiger charge is -2.09. The molecule has 94 valence electrons. The summed E-state index contributed by atoms with van der Waals surface area (Å²) in [4.78, 5) is 11.4. The van der Waals surface area contributed by atoms with Gasteiger partial charge < -0.3 is 10.6 Å². The first-order valence-corrected chi connectivity index (χ1v) is 6.22. The second kappa shape index (κ2) is 7.17. The second-order valence-electron chi connectivity index (χ2n) is 4.38. The Kier molecular flexibility index (Phi) is 5.84. The zero-order valence-electron chi connectivity index (χ0n) is 10.3. The molecule has 4 heteroatoms. The summed E-state index contributed by atoms with van der Waals surface area (Å²) in [6.45, 7) is 5.52. The van der Waals surface area contributed by atoms with Gasteiger partial charge in [0, 0.05) is 30.2 Å². The Morgan fingerprint density at radius 2 is 1.94 bits per heavy atom. The number of amides is 1. The molecule has 0 radical (unpaired) electrons. The molecule has 17 heavy (non-hydrogen) atoms. The first-order chi connectivity index (χ1) is 8.08. The van der Waals surface area contributed by atoms with Gasteiger partial charge in [0.1, 0.15) is 0 Å². The lowest BCUT2D eigenvalue weighted by Crippen LogP contribution is -2.28. The van der Waals surface area contributed by atoms with Gasteiger partial charge >= 0.3 is 0 Å². The van der Waals surface area contributed by atoms with E-state index < -0.39 is 0 Å². The maximum absolute atomic E-state index is 11.4. The molecule has 0 unspecified atom stereocenters. The molecule has 0 aliphatic heterocycles. The molecule has 3 nitrogen and oxygen atoms in total. The van der Waals surface area contributed by atoms with Crippen molar-refractivity contribution in [2.45, 2.75) is 20.3 Å². The van der Waals surface area contributed by atoms with Crippen molar-refractivity contribution >= 4 is 23.2 Å². The number of hydrogen-bond donors (Lipinski definition) is 2. The molecule has 2 N–H and O–H groups in total. The van der Waals surface area contributed by atoms with E-state index in [0.717, 1.165) is 12.2 Å². The Labute approximate surface area is 108 Å². The van der Waals surface area contributed by atoms with Crippen LogP contribution in [0.1, 0.15) is 20.3 Å². The summed E-state index contributed by atoms with van der Waals surface area (Å²) in [7, 11) is 0. The van der Waals surface area contributed by atoms with Crippen LogP contribution >= 0.6 is 11.6 Å². The number of carbonyl (C=O) groups is 1. The third-order valence-corrected chi connectivity index (χ3v) is 2.48. The Morgan fingerprint density at radius 3 is 2.53 bits per heavy atom. The van der Waals surface area contributed by atoms with Crippen LogP contribution in [0.3, 0.4) is 0 Å². The van der Waals surface area contributed by atoms with Crippen LogP contribution in [0.4, 0.5) is 5.69 Å². The second-order valence-corrected chi connectivity index (χ2v) is 4.82. The first-order valence-electron chi connectivity index (χ1n) is 5.84. The summed E-state index contributed by atoms with van der Waals surface area (Å²) in [5.74, 6) is 0.573. The molecule has 0 fully saturated rings. The predicted octanol–water partition coefficient (Wildman–Crippen LogP) is 2.91. The van der Waals surface area contributed by atoms with Gasteiger partial charge in [0.05, 0.1) is 0 Å². The molecular formula is C13H19ClN2O. The van der Waals surface area contributed by atoms with E-state index in [1.165, 1.54) is 0 Å². The maximum atomic E-state index is 11.4. The van der Waals surface area contributed by atoms with Crippen molar-refractivity contribution in [1.29, 1.82) is 0 Å². The minimum Gasteiger partial charge on any atom is -0.385 e. The van der Waals surface area contributed by atoms with Crippen molar-refractivity contribution in [2.24, 2.45) is 5.92 Å². The molecule has 0 spiro atoms. The fourth-order valence-electron chi connectivity index (χ4n) is 1.29. The van der Waals surface area contributed by atoms with Gasteiger partial charge in [-0.1, -0.05) is 25.4 Å². The zero-order valence-corrected chi connectivity index (χ0v) is 11.1. The first kappa shape index (κ1) is 13.8. The summed E-state index contributed by atoms with van der Waals surface area (Å²) >= 11 is 5.78. The third-order valence-electron chi connectivity index (χ3n) is 2.23. The summed E-state index contributed by atoms with van der Waals surface area (Å²) in [5, 5.41) is 6.76. The highest BCUT2D eigenvalue weighted by atomic mass is 35.5. The van der Waals surface area contributed by atoms with Gasteiger partial charge in [-0.3, -0.25) is 4.79 Å². The lowest BCUT2D eigenvalue weighted by molar-refractivity contribution is -0.120. The molecule has 0 bridgehead atoms. The Balaban J connectivity index is 2.19. The highest BCUT2D eigenvalue weighted by Gasteiger charge is 2.01. The SMILES string of the molecule is CC(C)CNC(=O)CCNc1ccc(Cl)cc1. The van der Waals surface area contributed by atoms with E-state index >= 15 is 0 Å². The fraction of sp³-hybridized carbons (Fsp3) is 0.462. The van der Waals surface area contributed by atoms with Gasteiger partial charge in [0.15, 0.2) is 0 Å². The van der Waals surface area contributed by atoms with Crippen molar-refractivity contribution in [3.05, 3.63) is 29.3 Å². The highest BCUT2D eigenvalue weighted by Crippen LogP contribution is 2.12. The number of anilines is 1. The fourth-order valence-corrected chi connectivity index (χ4v) is 1.42. The van der Waals surface area contributed by atoms with Gasteiger partial charge in [0.2, 0.25) is 5.91 Å². The molecular weight excluding hydrogens is 236 g/mol. The average molecular weight is 255 g/mol. The van der Waals surface area contributed by atoms with Gasteiger partial charge in [-0.05, 0) is 30.2 Å².